The Morgan fingerprint density at radius 2 is 1.39 bits per heavy atom. The molecule has 0 radical (unpaired) electrons. The molecule has 4 heteroatoms. The van der Waals surface area contributed by atoms with Crippen LogP contribution in [-0.2, 0) is 10.1 Å². The van der Waals surface area contributed by atoms with Gasteiger partial charge < -0.3 is 0 Å². The number of benzene rings is 2. The first kappa shape index (κ1) is 18.0. The maximum atomic E-state index is 11.8. The Kier molecular flexibility index (Phi) is 4.88. The highest BCUT2D eigenvalue weighted by atomic mass is 32.2. The molecule has 0 saturated carbocycles. The van der Waals surface area contributed by atoms with Crippen molar-refractivity contribution in [3.8, 4) is 0 Å². The van der Waals surface area contributed by atoms with Crippen LogP contribution in [0.25, 0.3) is 10.8 Å². The number of fused-ring (bicyclic) bond motifs is 1. The third-order valence-electron chi connectivity index (χ3n) is 4.31. The van der Waals surface area contributed by atoms with Crippen molar-refractivity contribution in [3.05, 3.63) is 41.0 Å². The lowest BCUT2D eigenvalue weighted by atomic mass is 9.80. The van der Waals surface area contributed by atoms with Gasteiger partial charge in [0.1, 0.15) is 4.90 Å². The minimum atomic E-state index is -4.25. The molecule has 0 heterocycles. The summed E-state index contributed by atoms with van der Waals surface area (Å²) in [5.41, 5.74) is 3.65. The van der Waals surface area contributed by atoms with E-state index in [1.54, 1.807) is 6.07 Å². The third-order valence-corrected chi connectivity index (χ3v) is 5.22. The van der Waals surface area contributed by atoms with Crippen molar-refractivity contribution < 1.29 is 13.0 Å². The molecule has 0 fully saturated rings. The Bertz CT molecular complexity index is 831. The first-order valence-corrected chi connectivity index (χ1v) is 9.56. The van der Waals surface area contributed by atoms with Crippen molar-refractivity contribution in [2.75, 3.05) is 0 Å². The topological polar surface area (TPSA) is 54.4 Å². The van der Waals surface area contributed by atoms with Gasteiger partial charge in [-0.25, -0.2) is 0 Å². The molecular weight excluding hydrogens is 308 g/mol. The van der Waals surface area contributed by atoms with Gasteiger partial charge in [-0.1, -0.05) is 53.7 Å². The normalized spacial score (nSPS) is 12.8. The van der Waals surface area contributed by atoms with Crippen molar-refractivity contribution in [1.82, 2.24) is 0 Å². The SMILES string of the molecule is CC(C)c1cc2c(S(=O)(=O)O)cccc2c(C(C)C)c1C(C)C. The van der Waals surface area contributed by atoms with Crippen LogP contribution in [0.4, 0.5) is 0 Å². The van der Waals surface area contributed by atoms with Crippen LogP contribution >= 0.6 is 0 Å². The highest BCUT2D eigenvalue weighted by molar-refractivity contribution is 7.86. The van der Waals surface area contributed by atoms with Crippen LogP contribution in [-0.4, -0.2) is 13.0 Å². The number of hydrogen-bond donors (Lipinski definition) is 1. The Hall–Kier alpha value is -1.39. The zero-order valence-electron chi connectivity index (χ0n) is 14.7. The fourth-order valence-electron chi connectivity index (χ4n) is 3.43. The summed E-state index contributed by atoms with van der Waals surface area (Å²) in [5.74, 6) is 0.901. The van der Waals surface area contributed by atoms with Crippen LogP contribution in [0.3, 0.4) is 0 Å². The molecule has 0 aliphatic carbocycles. The number of rotatable bonds is 4. The molecule has 0 aliphatic rings. The van der Waals surface area contributed by atoms with E-state index in [2.05, 4.69) is 41.5 Å². The molecule has 0 amide bonds. The van der Waals surface area contributed by atoms with Crippen LogP contribution in [0.2, 0.25) is 0 Å². The van der Waals surface area contributed by atoms with E-state index < -0.39 is 10.1 Å². The molecule has 0 bridgehead atoms. The summed E-state index contributed by atoms with van der Waals surface area (Å²) in [4.78, 5) is -0.00546. The predicted molar refractivity (Wildman–Crippen MR) is 96.0 cm³/mol. The average Bonchev–Trinajstić information content (AvgIpc) is 2.42. The van der Waals surface area contributed by atoms with Gasteiger partial charge in [-0.15, -0.1) is 0 Å². The first-order valence-electron chi connectivity index (χ1n) is 8.12. The largest absolute Gasteiger partial charge is 0.295 e. The van der Waals surface area contributed by atoms with Gasteiger partial charge in [0.05, 0.1) is 0 Å². The molecule has 0 unspecified atom stereocenters. The maximum Gasteiger partial charge on any atom is 0.295 e. The van der Waals surface area contributed by atoms with Crippen LogP contribution in [0.5, 0.6) is 0 Å². The summed E-state index contributed by atoms with van der Waals surface area (Å²) in [6.45, 7) is 12.8. The van der Waals surface area contributed by atoms with E-state index in [1.165, 1.54) is 17.2 Å². The Labute approximate surface area is 139 Å². The van der Waals surface area contributed by atoms with Gasteiger partial charge in [-0.05, 0) is 52.0 Å². The highest BCUT2D eigenvalue weighted by Crippen LogP contribution is 2.40. The molecule has 0 aliphatic heterocycles. The van der Waals surface area contributed by atoms with E-state index in [9.17, 15) is 13.0 Å². The lowest BCUT2D eigenvalue weighted by Gasteiger charge is -2.25. The van der Waals surface area contributed by atoms with Gasteiger partial charge in [0.25, 0.3) is 10.1 Å². The average molecular weight is 334 g/mol. The standard InChI is InChI=1S/C19H26O3S/c1-11(2)15-10-16-14(8-7-9-17(16)23(20,21)22)18(12(3)4)19(15)13(5)6/h7-13H,1-6H3,(H,20,21,22). The minimum absolute atomic E-state index is 0.00546. The number of hydrogen-bond acceptors (Lipinski definition) is 2. The molecule has 2 aromatic carbocycles. The molecular formula is C19H26O3S. The Morgan fingerprint density at radius 1 is 0.826 bits per heavy atom. The molecule has 0 saturated heterocycles. The van der Waals surface area contributed by atoms with E-state index in [0.717, 1.165) is 10.9 Å². The van der Waals surface area contributed by atoms with E-state index in [0.29, 0.717) is 11.3 Å². The molecule has 0 aromatic heterocycles. The van der Waals surface area contributed by atoms with Crippen LogP contribution in [0.15, 0.2) is 29.2 Å². The van der Waals surface area contributed by atoms with Crippen LogP contribution in [0, 0.1) is 0 Å². The van der Waals surface area contributed by atoms with Crippen molar-refractivity contribution in [2.45, 2.75) is 64.2 Å². The molecule has 1 N–H and O–H groups in total. The van der Waals surface area contributed by atoms with Crippen molar-refractivity contribution in [3.63, 3.8) is 0 Å². The minimum Gasteiger partial charge on any atom is -0.282 e. The molecule has 2 rings (SSSR count). The van der Waals surface area contributed by atoms with Crippen LogP contribution in [0.1, 0.15) is 76.0 Å². The summed E-state index contributed by atoms with van der Waals surface area (Å²) in [7, 11) is -4.25. The molecule has 0 spiro atoms. The summed E-state index contributed by atoms with van der Waals surface area (Å²) >= 11 is 0. The van der Waals surface area contributed by atoms with Crippen molar-refractivity contribution >= 4 is 20.9 Å². The lowest BCUT2D eigenvalue weighted by molar-refractivity contribution is 0.484. The Balaban J connectivity index is 3.09. The molecule has 126 valence electrons. The highest BCUT2D eigenvalue weighted by Gasteiger charge is 2.23. The van der Waals surface area contributed by atoms with Crippen LogP contribution < -0.4 is 0 Å². The van der Waals surface area contributed by atoms with E-state index in [1.807, 2.05) is 12.1 Å². The summed E-state index contributed by atoms with van der Waals surface area (Å²) in [6.07, 6.45) is 0. The maximum absolute atomic E-state index is 11.8. The fourth-order valence-corrected chi connectivity index (χ4v) is 4.13. The first-order chi connectivity index (χ1) is 10.6. The van der Waals surface area contributed by atoms with E-state index in [4.69, 9.17) is 0 Å². The van der Waals surface area contributed by atoms with Gasteiger partial charge in [-0.3, -0.25) is 4.55 Å². The smallest absolute Gasteiger partial charge is 0.282 e. The van der Waals surface area contributed by atoms with Gasteiger partial charge in [-0.2, -0.15) is 8.42 Å². The second kappa shape index (κ2) is 6.25. The second-order valence-electron chi connectivity index (χ2n) is 7.08. The third kappa shape index (κ3) is 3.29. The zero-order chi connectivity index (χ0) is 17.5. The summed E-state index contributed by atoms with van der Waals surface area (Å²) < 4.78 is 33.2. The molecule has 23 heavy (non-hydrogen) atoms. The van der Waals surface area contributed by atoms with Crippen molar-refractivity contribution in [2.24, 2.45) is 0 Å². The molecule has 3 nitrogen and oxygen atoms in total. The second-order valence-corrected chi connectivity index (χ2v) is 8.47. The van der Waals surface area contributed by atoms with Gasteiger partial charge in [0.2, 0.25) is 0 Å². The quantitative estimate of drug-likeness (QED) is 0.756. The predicted octanol–water partition coefficient (Wildman–Crippen LogP) is 5.46. The molecule has 0 atom stereocenters. The Morgan fingerprint density at radius 3 is 1.83 bits per heavy atom. The molecule has 2 aromatic rings. The van der Waals surface area contributed by atoms with Gasteiger partial charge in [0, 0.05) is 5.39 Å². The lowest BCUT2D eigenvalue weighted by Crippen LogP contribution is -2.08. The summed E-state index contributed by atoms with van der Waals surface area (Å²) in [5, 5.41) is 1.54. The van der Waals surface area contributed by atoms with E-state index >= 15 is 0 Å². The van der Waals surface area contributed by atoms with Gasteiger partial charge in [0.15, 0.2) is 0 Å². The van der Waals surface area contributed by atoms with Crippen molar-refractivity contribution in [1.29, 1.82) is 0 Å². The summed E-state index contributed by atoms with van der Waals surface area (Å²) in [6, 6.07) is 7.08. The monoisotopic (exact) mass is 334 g/mol. The van der Waals surface area contributed by atoms with Gasteiger partial charge >= 0.3 is 0 Å². The fraction of sp³-hybridized carbons (Fsp3) is 0.474. The van der Waals surface area contributed by atoms with E-state index in [-0.39, 0.29) is 16.7 Å². The zero-order valence-corrected chi connectivity index (χ0v) is 15.5.